The number of hydrogen-bond acceptors (Lipinski definition) is 2. The van der Waals surface area contributed by atoms with Crippen LogP contribution in [0.15, 0.2) is 51.5 Å². The van der Waals surface area contributed by atoms with Gasteiger partial charge in [0.05, 0.1) is 4.47 Å². The first-order valence-corrected chi connectivity index (χ1v) is 5.88. The zero-order chi connectivity index (χ0) is 10.7. The number of halogens is 2. The molecule has 4 heteroatoms. The van der Waals surface area contributed by atoms with E-state index >= 15 is 0 Å². The Morgan fingerprint density at radius 2 is 1.93 bits per heavy atom. The quantitative estimate of drug-likeness (QED) is 0.815. The van der Waals surface area contributed by atoms with Gasteiger partial charge in [0.2, 0.25) is 5.88 Å². The number of benzene rings is 1. The van der Waals surface area contributed by atoms with Crippen molar-refractivity contribution in [3.05, 3.63) is 51.5 Å². The predicted octanol–water partition coefficient (Wildman–Crippen LogP) is 4.40. The van der Waals surface area contributed by atoms with E-state index in [0.29, 0.717) is 5.88 Å². The summed E-state index contributed by atoms with van der Waals surface area (Å²) in [6.07, 6.45) is 1.70. The molecule has 1 heterocycles. The molecule has 15 heavy (non-hydrogen) atoms. The van der Waals surface area contributed by atoms with Gasteiger partial charge >= 0.3 is 0 Å². The van der Waals surface area contributed by atoms with Gasteiger partial charge in [-0.2, -0.15) is 0 Å². The molecule has 0 aliphatic carbocycles. The molecule has 2 aromatic rings. The summed E-state index contributed by atoms with van der Waals surface area (Å²) < 4.78 is 7.47. The largest absolute Gasteiger partial charge is 0.438 e. The summed E-state index contributed by atoms with van der Waals surface area (Å²) in [4.78, 5) is 4.09. The zero-order valence-electron chi connectivity index (χ0n) is 7.65. The van der Waals surface area contributed by atoms with Crippen LogP contribution in [-0.4, -0.2) is 4.98 Å². The minimum Gasteiger partial charge on any atom is -0.438 e. The molecule has 1 aromatic heterocycles. The minimum absolute atomic E-state index is 0.580. The molecule has 0 aliphatic heterocycles. The smallest absolute Gasteiger partial charge is 0.219 e. The molecule has 0 unspecified atom stereocenters. The molecule has 0 N–H and O–H groups in total. The van der Waals surface area contributed by atoms with E-state index in [9.17, 15) is 0 Å². The van der Waals surface area contributed by atoms with Gasteiger partial charge in [-0.25, -0.2) is 4.98 Å². The molecule has 2 rings (SSSR count). The number of hydrogen-bond donors (Lipinski definition) is 0. The molecular weight excluding hydrogens is 322 g/mol. The van der Waals surface area contributed by atoms with E-state index in [1.54, 1.807) is 6.20 Å². The molecule has 0 atom stereocenters. The third kappa shape index (κ3) is 2.79. The summed E-state index contributed by atoms with van der Waals surface area (Å²) >= 11 is 6.80. The third-order valence-corrected chi connectivity index (χ3v) is 2.89. The van der Waals surface area contributed by atoms with Gasteiger partial charge in [0, 0.05) is 16.7 Å². The van der Waals surface area contributed by atoms with Gasteiger partial charge < -0.3 is 4.74 Å². The Morgan fingerprint density at radius 1 is 1.07 bits per heavy atom. The highest BCUT2D eigenvalue weighted by atomic mass is 79.9. The first-order chi connectivity index (χ1) is 7.25. The molecule has 76 valence electrons. The second-order valence-corrected chi connectivity index (χ2v) is 4.61. The Balaban J connectivity index is 2.28. The van der Waals surface area contributed by atoms with Crippen LogP contribution in [0.2, 0.25) is 0 Å². The molecule has 2 nitrogen and oxygen atoms in total. The van der Waals surface area contributed by atoms with Crippen molar-refractivity contribution < 1.29 is 4.74 Å². The van der Waals surface area contributed by atoms with E-state index in [2.05, 4.69) is 36.8 Å². The van der Waals surface area contributed by atoms with Crippen molar-refractivity contribution in [2.45, 2.75) is 0 Å². The topological polar surface area (TPSA) is 22.1 Å². The van der Waals surface area contributed by atoms with Gasteiger partial charge in [0.15, 0.2) is 0 Å². The van der Waals surface area contributed by atoms with Crippen LogP contribution in [0, 0.1) is 0 Å². The Labute approximate surface area is 105 Å². The lowest BCUT2D eigenvalue weighted by molar-refractivity contribution is 0.460. The summed E-state index contributed by atoms with van der Waals surface area (Å²) in [5.74, 6) is 1.32. The second-order valence-electron chi connectivity index (χ2n) is 2.84. The fourth-order valence-electron chi connectivity index (χ4n) is 1.08. The van der Waals surface area contributed by atoms with Gasteiger partial charge in [-0.15, -0.1) is 0 Å². The van der Waals surface area contributed by atoms with Gasteiger partial charge in [-0.1, -0.05) is 22.0 Å². The van der Waals surface area contributed by atoms with Crippen molar-refractivity contribution in [1.82, 2.24) is 4.98 Å². The van der Waals surface area contributed by atoms with Gasteiger partial charge in [-0.05, 0) is 40.2 Å². The maximum absolute atomic E-state index is 5.60. The maximum Gasteiger partial charge on any atom is 0.219 e. The van der Waals surface area contributed by atoms with Crippen LogP contribution in [0.1, 0.15) is 0 Å². The highest BCUT2D eigenvalue weighted by molar-refractivity contribution is 9.11. The van der Waals surface area contributed by atoms with Gasteiger partial charge in [-0.3, -0.25) is 0 Å². The van der Waals surface area contributed by atoms with Crippen molar-refractivity contribution in [2.24, 2.45) is 0 Å². The monoisotopic (exact) mass is 327 g/mol. The molecule has 0 fully saturated rings. The van der Waals surface area contributed by atoms with E-state index in [4.69, 9.17) is 4.74 Å². The van der Waals surface area contributed by atoms with E-state index in [1.807, 2.05) is 36.4 Å². The number of ether oxygens (including phenoxy) is 1. The zero-order valence-corrected chi connectivity index (χ0v) is 10.8. The fraction of sp³-hybridized carbons (Fsp3) is 0. The summed E-state index contributed by atoms with van der Waals surface area (Å²) in [5, 5.41) is 0. The maximum atomic E-state index is 5.60. The molecule has 1 aromatic carbocycles. The fourth-order valence-corrected chi connectivity index (χ4v) is 1.74. The van der Waals surface area contributed by atoms with Crippen molar-refractivity contribution >= 4 is 31.9 Å². The predicted molar refractivity (Wildman–Crippen MR) is 66.2 cm³/mol. The van der Waals surface area contributed by atoms with Gasteiger partial charge in [0.25, 0.3) is 0 Å². The number of pyridine rings is 1. The molecule has 0 spiro atoms. The van der Waals surface area contributed by atoms with Crippen LogP contribution in [-0.2, 0) is 0 Å². The Bertz CT molecular complexity index is 459. The van der Waals surface area contributed by atoms with Crippen molar-refractivity contribution in [2.75, 3.05) is 0 Å². The minimum atomic E-state index is 0.580. The van der Waals surface area contributed by atoms with Crippen molar-refractivity contribution in [3.8, 4) is 11.6 Å². The number of nitrogens with zero attached hydrogens (tertiary/aromatic N) is 1. The van der Waals surface area contributed by atoms with Crippen molar-refractivity contribution in [1.29, 1.82) is 0 Å². The van der Waals surface area contributed by atoms with Crippen LogP contribution in [0.3, 0.4) is 0 Å². The first kappa shape index (κ1) is 10.6. The van der Waals surface area contributed by atoms with E-state index in [0.717, 1.165) is 14.7 Å². The summed E-state index contributed by atoms with van der Waals surface area (Å²) in [6, 6.07) is 11.3. The van der Waals surface area contributed by atoms with Crippen LogP contribution in [0.5, 0.6) is 11.6 Å². The Hall–Kier alpha value is -0.870. The standard InChI is InChI=1S/C11H7Br2NO/c12-8-4-5-9(13)10(7-8)15-11-3-1-2-6-14-11/h1-7H. The highest BCUT2D eigenvalue weighted by Gasteiger charge is 2.03. The first-order valence-electron chi connectivity index (χ1n) is 4.29. The molecule has 0 bridgehead atoms. The van der Waals surface area contributed by atoms with Gasteiger partial charge in [0.1, 0.15) is 5.75 Å². The van der Waals surface area contributed by atoms with E-state index in [-0.39, 0.29) is 0 Å². The average Bonchev–Trinajstić information content (AvgIpc) is 2.25. The summed E-state index contributed by atoms with van der Waals surface area (Å²) in [7, 11) is 0. The van der Waals surface area contributed by atoms with E-state index in [1.165, 1.54) is 0 Å². The van der Waals surface area contributed by atoms with Crippen LogP contribution in [0.25, 0.3) is 0 Å². The Kier molecular flexibility index (Phi) is 3.38. The molecular formula is C11H7Br2NO. The molecule has 0 saturated heterocycles. The van der Waals surface area contributed by atoms with Crippen LogP contribution < -0.4 is 4.74 Å². The molecule has 0 saturated carbocycles. The number of rotatable bonds is 2. The second kappa shape index (κ2) is 4.77. The average molecular weight is 329 g/mol. The van der Waals surface area contributed by atoms with Crippen LogP contribution >= 0.6 is 31.9 Å². The van der Waals surface area contributed by atoms with E-state index < -0.39 is 0 Å². The normalized spacial score (nSPS) is 10.0. The molecule has 0 amide bonds. The molecule has 0 aliphatic rings. The SMILES string of the molecule is Brc1ccc(Br)c(Oc2ccccn2)c1. The lowest BCUT2D eigenvalue weighted by Crippen LogP contribution is -1.87. The Morgan fingerprint density at radius 3 is 2.67 bits per heavy atom. The lowest BCUT2D eigenvalue weighted by Gasteiger charge is -2.06. The summed E-state index contributed by atoms with van der Waals surface area (Å²) in [6.45, 7) is 0. The number of aromatic nitrogens is 1. The third-order valence-electron chi connectivity index (χ3n) is 1.75. The van der Waals surface area contributed by atoms with Crippen molar-refractivity contribution in [3.63, 3.8) is 0 Å². The summed E-state index contributed by atoms with van der Waals surface area (Å²) in [5.41, 5.74) is 0. The highest BCUT2D eigenvalue weighted by Crippen LogP contribution is 2.31. The molecule has 0 radical (unpaired) electrons. The lowest BCUT2D eigenvalue weighted by atomic mass is 10.3. The van der Waals surface area contributed by atoms with Crippen LogP contribution in [0.4, 0.5) is 0 Å².